The van der Waals surface area contributed by atoms with Crippen LogP contribution in [0.25, 0.3) is 5.69 Å². The maximum atomic E-state index is 12.8. The predicted octanol–water partition coefficient (Wildman–Crippen LogP) is 4.97. The number of aromatic nitrogens is 7. The minimum Gasteiger partial charge on any atom is -0.475 e. The molecule has 3 aromatic heterocycles. The van der Waals surface area contributed by atoms with Crippen LogP contribution in [0, 0.1) is 0 Å². The number of hydrogen-bond acceptors (Lipinski definition) is 10. The number of ether oxygens (including phenoxy) is 3. The van der Waals surface area contributed by atoms with Gasteiger partial charge in [-0.05, 0) is 55.8 Å². The summed E-state index contributed by atoms with van der Waals surface area (Å²) in [6.07, 6.45) is 6.96. The van der Waals surface area contributed by atoms with Crippen molar-refractivity contribution in [3.63, 3.8) is 0 Å². The third-order valence-electron chi connectivity index (χ3n) is 9.02. The van der Waals surface area contributed by atoms with Gasteiger partial charge < -0.3 is 24.0 Å². The van der Waals surface area contributed by atoms with Gasteiger partial charge in [-0.1, -0.05) is 36.2 Å². The van der Waals surface area contributed by atoms with E-state index in [0.29, 0.717) is 28.1 Å². The minimum atomic E-state index is -1.18. The molecule has 3 atom stereocenters. The van der Waals surface area contributed by atoms with Crippen LogP contribution in [0.1, 0.15) is 31.9 Å². The number of piperazine rings is 1. The highest BCUT2D eigenvalue weighted by Crippen LogP contribution is 2.40. The Kier molecular flexibility index (Phi) is 9.59. The van der Waals surface area contributed by atoms with Crippen molar-refractivity contribution < 1.29 is 14.2 Å². The molecule has 5 aromatic rings. The Hall–Kier alpha value is -4.43. The molecule has 2 aliphatic heterocycles. The van der Waals surface area contributed by atoms with Gasteiger partial charge in [-0.25, -0.2) is 28.7 Å². The molecule has 7 rings (SSSR count). The van der Waals surface area contributed by atoms with Crippen LogP contribution in [-0.4, -0.2) is 79.6 Å². The molecule has 2 fully saturated rings. The number of pyridine rings is 1. The van der Waals surface area contributed by atoms with Crippen molar-refractivity contribution in [2.45, 2.75) is 44.7 Å². The first kappa shape index (κ1) is 33.1. The van der Waals surface area contributed by atoms with Crippen LogP contribution in [-0.2, 0) is 21.8 Å². The largest absolute Gasteiger partial charge is 0.475 e. The van der Waals surface area contributed by atoms with Gasteiger partial charge >= 0.3 is 5.69 Å². The molecule has 15 heteroatoms. The van der Waals surface area contributed by atoms with E-state index >= 15 is 0 Å². The first-order valence-electron chi connectivity index (χ1n) is 16.3. The molecule has 13 nitrogen and oxygen atoms in total. The monoisotopic (exact) mass is 705 g/mol. The summed E-state index contributed by atoms with van der Waals surface area (Å²) in [4.78, 5) is 26.1. The Bertz CT molecular complexity index is 1910. The van der Waals surface area contributed by atoms with Crippen LogP contribution in [0.5, 0.6) is 5.88 Å². The van der Waals surface area contributed by atoms with Gasteiger partial charge in [0, 0.05) is 48.5 Å². The molecule has 256 valence electrons. The molecule has 5 heterocycles. The Morgan fingerprint density at radius 1 is 0.959 bits per heavy atom. The highest BCUT2D eigenvalue weighted by molar-refractivity contribution is 6.35. The smallest absolute Gasteiger partial charge is 0.350 e. The lowest BCUT2D eigenvalue weighted by atomic mass is 10.1. The lowest BCUT2D eigenvalue weighted by molar-refractivity contribution is -0.190. The van der Waals surface area contributed by atoms with Crippen molar-refractivity contribution in [2.75, 3.05) is 49.2 Å². The van der Waals surface area contributed by atoms with Crippen LogP contribution in [0.4, 0.5) is 11.4 Å². The highest BCUT2D eigenvalue weighted by Gasteiger charge is 2.45. The zero-order valence-corrected chi connectivity index (χ0v) is 28.7. The van der Waals surface area contributed by atoms with Gasteiger partial charge in [-0.2, -0.15) is 10.2 Å². The molecular formula is C34H37Cl2N9O4. The van der Waals surface area contributed by atoms with Crippen LogP contribution < -0.4 is 20.2 Å². The Morgan fingerprint density at radius 2 is 1.69 bits per heavy atom. The SMILES string of the molecule is CC[C@H](C)n1ncn(-c2ccc(N3CCN(c4ccc(OC[C@@H]5CO[C@@](Cn6cncn6)(c6ccc(Cl)cc6Cl)O5)nc4)CC3)cc2)c1=O. The molecule has 0 aliphatic carbocycles. The summed E-state index contributed by atoms with van der Waals surface area (Å²) >= 11 is 12.7. The van der Waals surface area contributed by atoms with Crippen molar-refractivity contribution in [3.05, 3.63) is 106 Å². The normalized spacial score (nSPS) is 20.1. The topological polar surface area (TPSA) is 118 Å². The fourth-order valence-corrected chi connectivity index (χ4v) is 6.67. The van der Waals surface area contributed by atoms with Crippen molar-refractivity contribution in [1.82, 2.24) is 34.1 Å². The number of nitrogens with zero attached hydrogens (tertiary/aromatic N) is 9. The fraction of sp³-hybridized carbons (Fsp3) is 0.382. The summed E-state index contributed by atoms with van der Waals surface area (Å²) in [6, 6.07) is 17.3. The second-order valence-electron chi connectivity index (χ2n) is 12.2. The van der Waals surface area contributed by atoms with Crippen LogP contribution in [0.3, 0.4) is 0 Å². The molecule has 49 heavy (non-hydrogen) atoms. The quantitative estimate of drug-likeness (QED) is 0.186. The van der Waals surface area contributed by atoms with E-state index in [1.807, 2.05) is 44.3 Å². The van der Waals surface area contributed by atoms with E-state index in [9.17, 15) is 4.79 Å². The second-order valence-corrected chi connectivity index (χ2v) is 13.0. The molecule has 0 amide bonds. The molecule has 0 unspecified atom stereocenters. The van der Waals surface area contributed by atoms with Gasteiger partial charge in [0.25, 0.3) is 0 Å². The number of benzene rings is 2. The van der Waals surface area contributed by atoms with Crippen molar-refractivity contribution in [3.8, 4) is 11.6 Å². The van der Waals surface area contributed by atoms with Crippen LogP contribution in [0.2, 0.25) is 10.0 Å². The van der Waals surface area contributed by atoms with Gasteiger partial charge in [0.05, 0.1) is 35.2 Å². The molecule has 2 aliphatic rings. The van der Waals surface area contributed by atoms with Gasteiger partial charge in [-0.3, -0.25) is 0 Å². The third-order valence-corrected chi connectivity index (χ3v) is 9.56. The number of rotatable bonds is 11. The average molecular weight is 707 g/mol. The number of halogens is 2. The summed E-state index contributed by atoms with van der Waals surface area (Å²) in [5.74, 6) is -0.681. The summed E-state index contributed by atoms with van der Waals surface area (Å²) in [7, 11) is 0. The summed E-state index contributed by atoms with van der Waals surface area (Å²) in [5, 5.41) is 9.47. The summed E-state index contributed by atoms with van der Waals surface area (Å²) in [6.45, 7) is 8.23. The lowest BCUT2D eigenvalue weighted by Crippen LogP contribution is -2.46. The van der Waals surface area contributed by atoms with Gasteiger partial charge in [0.1, 0.15) is 38.2 Å². The maximum absolute atomic E-state index is 12.8. The Labute approximate surface area is 293 Å². The maximum Gasteiger partial charge on any atom is 0.350 e. The van der Waals surface area contributed by atoms with Crippen LogP contribution >= 0.6 is 23.2 Å². The molecule has 0 spiro atoms. The highest BCUT2D eigenvalue weighted by atomic mass is 35.5. The first-order valence-corrected chi connectivity index (χ1v) is 17.0. The second kappa shape index (κ2) is 14.2. The Balaban J connectivity index is 0.925. The van der Waals surface area contributed by atoms with E-state index in [4.69, 9.17) is 37.4 Å². The molecule has 0 bridgehead atoms. The van der Waals surface area contributed by atoms with Gasteiger partial charge in [0.2, 0.25) is 11.7 Å². The predicted molar refractivity (Wildman–Crippen MR) is 186 cm³/mol. The lowest BCUT2D eigenvalue weighted by Gasteiger charge is -2.37. The zero-order chi connectivity index (χ0) is 34.0. The molecule has 0 radical (unpaired) electrons. The van der Waals surface area contributed by atoms with Gasteiger partial charge in [-0.15, -0.1) is 0 Å². The van der Waals surface area contributed by atoms with Crippen LogP contribution in [0.15, 0.2) is 84.6 Å². The van der Waals surface area contributed by atoms with Crippen molar-refractivity contribution in [1.29, 1.82) is 0 Å². The first-order chi connectivity index (χ1) is 23.8. The molecule has 2 aromatic carbocycles. The molecule has 2 saturated heterocycles. The molecule has 0 N–H and O–H groups in total. The van der Waals surface area contributed by atoms with E-state index in [1.165, 1.54) is 11.0 Å². The van der Waals surface area contributed by atoms with Crippen molar-refractivity contribution in [2.24, 2.45) is 0 Å². The fourth-order valence-electron chi connectivity index (χ4n) is 6.12. The van der Waals surface area contributed by atoms with E-state index in [-0.39, 0.29) is 31.0 Å². The molecule has 0 saturated carbocycles. The minimum absolute atomic E-state index is 0.0600. The average Bonchev–Trinajstić information content (AvgIpc) is 3.88. The summed E-state index contributed by atoms with van der Waals surface area (Å²) < 4.78 is 23.5. The van der Waals surface area contributed by atoms with E-state index < -0.39 is 5.79 Å². The van der Waals surface area contributed by atoms with Crippen molar-refractivity contribution >= 4 is 34.6 Å². The van der Waals surface area contributed by atoms with Gasteiger partial charge in [0.15, 0.2) is 0 Å². The van der Waals surface area contributed by atoms with E-state index in [0.717, 1.165) is 49.7 Å². The summed E-state index contributed by atoms with van der Waals surface area (Å²) in [5.41, 5.74) is 3.49. The zero-order valence-electron chi connectivity index (χ0n) is 27.2. The Morgan fingerprint density at radius 3 is 2.37 bits per heavy atom. The number of hydrogen-bond donors (Lipinski definition) is 0. The number of anilines is 2. The molecular weight excluding hydrogens is 669 g/mol. The van der Waals surface area contributed by atoms with E-state index in [2.05, 4.69) is 42.1 Å². The third kappa shape index (κ3) is 7.02. The van der Waals surface area contributed by atoms with E-state index in [1.54, 1.807) is 40.1 Å². The standard InChI is InChI=1S/C34H37Cl2N9O4/c1-3-24(2)45-33(46)44(23-40-45)27-7-5-26(6-8-27)41-12-14-42(15-13-41)28-9-11-32(38-17-28)47-18-29-19-48-34(49-29,20-43-22-37-21-39-43)30-10-4-25(35)16-31(30)36/h4-11,16-17,21-24,29H,3,12-15,18-20H2,1-2H3/t24-,29+,34+/m0/s1.